The fourth-order valence-corrected chi connectivity index (χ4v) is 4.68. The number of nitrogen functional groups attached to an aromatic ring is 1. The topological polar surface area (TPSA) is 123 Å². The zero-order valence-corrected chi connectivity index (χ0v) is 22.4. The highest BCUT2D eigenvalue weighted by atomic mass is 35.5. The molecule has 0 atom stereocenters. The van der Waals surface area contributed by atoms with Crippen LogP contribution in [0.2, 0.25) is 5.02 Å². The lowest BCUT2D eigenvalue weighted by Crippen LogP contribution is -2.59. The fourth-order valence-electron chi connectivity index (χ4n) is 4.46. The number of ether oxygens (including phenoxy) is 2. The first-order valence-corrected chi connectivity index (χ1v) is 12.6. The third-order valence-corrected chi connectivity index (χ3v) is 6.62. The largest absolute Gasteiger partial charge is 0.489 e. The molecule has 1 aromatic heterocycles. The van der Waals surface area contributed by atoms with Crippen molar-refractivity contribution in [1.29, 1.82) is 0 Å². The standard InChI is InChI=1S/C25H36ClN5O5/c1-16(2)36-20-12-11-18(13-19(20)26)28-22-29(14-17-9-7-6-8-10-17)23(33)30(24(34)31(22)27)15-25(3,4)21(32)35-5/h11-13,16-17H,6-10,14-15,27H2,1-5H3. The molecule has 36 heavy (non-hydrogen) atoms. The van der Waals surface area contributed by atoms with Crippen LogP contribution in [0, 0.1) is 11.3 Å². The van der Waals surface area contributed by atoms with E-state index in [1.807, 2.05) is 13.8 Å². The lowest BCUT2D eigenvalue weighted by atomic mass is 9.89. The van der Waals surface area contributed by atoms with Gasteiger partial charge in [-0.25, -0.2) is 19.1 Å². The Balaban J connectivity index is 2.18. The van der Waals surface area contributed by atoms with Crippen LogP contribution in [0.1, 0.15) is 59.8 Å². The van der Waals surface area contributed by atoms with Gasteiger partial charge >= 0.3 is 17.3 Å². The maximum atomic E-state index is 13.7. The normalized spacial score (nSPS) is 15.4. The van der Waals surface area contributed by atoms with Crippen LogP contribution >= 0.6 is 11.6 Å². The molecule has 1 aromatic carbocycles. The number of benzene rings is 1. The molecule has 198 valence electrons. The van der Waals surface area contributed by atoms with E-state index in [1.165, 1.54) is 11.7 Å². The Labute approximate surface area is 215 Å². The number of nitrogens with zero attached hydrogens (tertiary/aromatic N) is 4. The molecular weight excluding hydrogens is 486 g/mol. The quantitative estimate of drug-likeness (QED) is 0.421. The molecule has 10 nitrogen and oxygen atoms in total. The number of halogens is 1. The van der Waals surface area contributed by atoms with Crippen molar-refractivity contribution in [3.8, 4) is 5.75 Å². The van der Waals surface area contributed by atoms with Crippen molar-refractivity contribution in [1.82, 2.24) is 13.8 Å². The molecule has 0 radical (unpaired) electrons. The van der Waals surface area contributed by atoms with E-state index in [2.05, 4.69) is 4.99 Å². The maximum absolute atomic E-state index is 13.7. The summed E-state index contributed by atoms with van der Waals surface area (Å²) in [5.41, 5.74) is -2.04. The molecule has 1 aliphatic carbocycles. The van der Waals surface area contributed by atoms with Gasteiger partial charge in [0.2, 0.25) is 5.62 Å². The van der Waals surface area contributed by atoms with E-state index in [0.29, 0.717) is 23.0 Å². The van der Waals surface area contributed by atoms with Crippen LogP contribution in [0.5, 0.6) is 5.75 Å². The molecule has 1 heterocycles. The molecule has 1 aliphatic rings. The molecule has 0 unspecified atom stereocenters. The first-order chi connectivity index (χ1) is 16.9. The Morgan fingerprint density at radius 3 is 2.42 bits per heavy atom. The smallest absolute Gasteiger partial charge is 0.353 e. The van der Waals surface area contributed by atoms with E-state index in [4.69, 9.17) is 26.9 Å². The number of hydrogen-bond acceptors (Lipinski definition) is 7. The van der Waals surface area contributed by atoms with Crippen molar-refractivity contribution in [3.63, 3.8) is 0 Å². The van der Waals surface area contributed by atoms with Crippen LogP contribution in [-0.4, -0.2) is 33.0 Å². The Bertz CT molecular complexity index is 1290. The summed E-state index contributed by atoms with van der Waals surface area (Å²) >= 11 is 6.38. The van der Waals surface area contributed by atoms with Crippen LogP contribution < -0.4 is 27.6 Å². The highest BCUT2D eigenvalue weighted by Crippen LogP contribution is 2.29. The van der Waals surface area contributed by atoms with E-state index in [1.54, 1.807) is 32.0 Å². The van der Waals surface area contributed by atoms with Crippen LogP contribution in [0.3, 0.4) is 0 Å². The number of carbonyl (C=O) groups is 1. The van der Waals surface area contributed by atoms with Gasteiger partial charge in [0.15, 0.2) is 0 Å². The minimum atomic E-state index is -1.12. The van der Waals surface area contributed by atoms with Crippen molar-refractivity contribution in [2.45, 2.75) is 79.0 Å². The number of hydrogen-bond donors (Lipinski definition) is 1. The van der Waals surface area contributed by atoms with Gasteiger partial charge in [-0.05, 0) is 64.7 Å². The molecule has 2 aromatic rings. The lowest BCUT2D eigenvalue weighted by molar-refractivity contribution is -0.151. The predicted octanol–water partition coefficient (Wildman–Crippen LogP) is 2.98. The maximum Gasteiger partial charge on any atom is 0.353 e. The fraction of sp³-hybridized carbons (Fsp3) is 0.600. The second-order valence-corrected chi connectivity index (χ2v) is 10.6. The lowest BCUT2D eigenvalue weighted by Gasteiger charge is -2.25. The van der Waals surface area contributed by atoms with Gasteiger partial charge in [-0.1, -0.05) is 30.9 Å². The third kappa shape index (κ3) is 6.21. The molecule has 0 spiro atoms. The highest BCUT2D eigenvalue weighted by molar-refractivity contribution is 6.32. The Kier molecular flexibility index (Phi) is 8.71. The summed E-state index contributed by atoms with van der Waals surface area (Å²) in [6.07, 6.45) is 5.20. The van der Waals surface area contributed by atoms with Crippen molar-refractivity contribution in [3.05, 3.63) is 49.8 Å². The van der Waals surface area contributed by atoms with Gasteiger partial charge in [-0.15, -0.1) is 0 Å². The predicted molar refractivity (Wildman–Crippen MR) is 138 cm³/mol. The minimum Gasteiger partial charge on any atom is -0.489 e. The summed E-state index contributed by atoms with van der Waals surface area (Å²) in [6.45, 7) is 7.18. The summed E-state index contributed by atoms with van der Waals surface area (Å²) in [7, 11) is 1.27. The third-order valence-electron chi connectivity index (χ3n) is 6.32. The number of methoxy groups -OCH3 is 1. The van der Waals surface area contributed by atoms with Crippen molar-refractivity contribution in [2.24, 2.45) is 16.3 Å². The Morgan fingerprint density at radius 2 is 1.83 bits per heavy atom. The summed E-state index contributed by atoms with van der Waals surface area (Å²) in [4.78, 5) is 43.7. The molecule has 1 saturated carbocycles. The molecule has 11 heteroatoms. The van der Waals surface area contributed by atoms with Crippen molar-refractivity contribution in [2.75, 3.05) is 13.0 Å². The summed E-state index contributed by atoms with van der Waals surface area (Å²) in [5.74, 6) is 6.44. The average Bonchev–Trinajstić information content (AvgIpc) is 2.84. The Morgan fingerprint density at radius 1 is 1.17 bits per heavy atom. The monoisotopic (exact) mass is 521 g/mol. The van der Waals surface area contributed by atoms with Crippen molar-refractivity contribution < 1.29 is 14.3 Å². The zero-order chi connectivity index (χ0) is 26.6. The van der Waals surface area contributed by atoms with E-state index in [9.17, 15) is 14.4 Å². The van der Waals surface area contributed by atoms with E-state index >= 15 is 0 Å². The number of nitrogens with two attached hydrogens (primary N) is 1. The van der Waals surface area contributed by atoms with Crippen LogP contribution in [0.15, 0.2) is 32.8 Å². The van der Waals surface area contributed by atoms with Gasteiger partial charge in [-0.2, -0.15) is 4.68 Å². The van der Waals surface area contributed by atoms with E-state index in [-0.39, 0.29) is 24.2 Å². The van der Waals surface area contributed by atoms with Crippen LogP contribution in [-0.2, 0) is 22.6 Å². The number of esters is 1. The van der Waals surface area contributed by atoms with Gasteiger partial charge < -0.3 is 15.3 Å². The molecule has 3 rings (SSSR count). The molecule has 1 fully saturated rings. The van der Waals surface area contributed by atoms with Crippen LogP contribution in [0.25, 0.3) is 0 Å². The molecule has 0 bridgehead atoms. The first kappa shape index (κ1) is 27.6. The molecular formula is C25H36ClN5O5. The zero-order valence-electron chi connectivity index (χ0n) is 21.6. The van der Waals surface area contributed by atoms with Crippen molar-refractivity contribution >= 4 is 23.3 Å². The average molecular weight is 522 g/mol. The number of aromatic nitrogens is 3. The second kappa shape index (κ2) is 11.4. The van der Waals surface area contributed by atoms with E-state index in [0.717, 1.165) is 41.3 Å². The molecule has 0 aliphatic heterocycles. The minimum absolute atomic E-state index is 0.0105. The molecule has 2 N–H and O–H groups in total. The summed E-state index contributed by atoms with van der Waals surface area (Å²) in [6, 6.07) is 4.97. The Hall–Kier alpha value is -3.01. The van der Waals surface area contributed by atoms with Gasteiger partial charge in [-0.3, -0.25) is 9.36 Å². The van der Waals surface area contributed by atoms with Gasteiger partial charge in [0.25, 0.3) is 0 Å². The number of carbonyl (C=O) groups excluding carboxylic acids is 1. The van der Waals surface area contributed by atoms with Crippen LogP contribution in [0.4, 0.5) is 5.69 Å². The molecule has 0 amide bonds. The van der Waals surface area contributed by atoms with Gasteiger partial charge in [0.05, 0.1) is 29.3 Å². The number of rotatable bonds is 8. The van der Waals surface area contributed by atoms with Gasteiger partial charge in [0, 0.05) is 13.1 Å². The summed E-state index contributed by atoms with van der Waals surface area (Å²) in [5, 5.41) is 0.350. The van der Waals surface area contributed by atoms with Gasteiger partial charge in [0.1, 0.15) is 5.75 Å². The second-order valence-electron chi connectivity index (χ2n) is 10.2. The SMILES string of the molecule is COC(=O)C(C)(C)Cn1c(=O)n(N)c(=Nc2ccc(OC(C)C)c(Cl)c2)n(CC2CCCCC2)c1=O. The molecule has 0 saturated heterocycles. The van der Waals surface area contributed by atoms with E-state index < -0.39 is 22.8 Å². The highest BCUT2D eigenvalue weighted by Gasteiger charge is 2.32. The first-order valence-electron chi connectivity index (χ1n) is 12.3. The summed E-state index contributed by atoms with van der Waals surface area (Å²) < 4.78 is 13.8.